The molecule has 18 heavy (non-hydrogen) atoms. The maximum atomic E-state index is 6.44. The summed E-state index contributed by atoms with van der Waals surface area (Å²) in [4.78, 5) is 0. The van der Waals surface area contributed by atoms with Crippen molar-refractivity contribution in [2.45, 2.75) is 76.5 Å². The van der Waals surface area contributed by atoms with Gasteiger partial charge in [0.2, 0.25) is 0 Å². The molecule has 1 fully saturated rings. The molecule has 1 saturated carbocycles. The highest BCUT2D eigenvalue weighted by Crippen LogP contribution is 2.38. The third-order valence-corrected chi connectivity index (χ3v) is 4.68. The van der Waals surface area contributed by atoms with Gasteiger partial charge in [0.1, 0.15) is 0 Å². The lowest BCUT2D eigenvalue weighted by molar-refractivity contribution is -0.0776. The maximum absolute atomic E-state index is 6.44. The van der Waals surface area contributed by atoms with E-state index in [4.69, 9.17) is 15.2 Å². The average molecular weight is 257 g/mol. The first-order chi connectivity index (χ1) is 8.35. The fourth-order valence-electron chi connectivity index (χ4n) is 3.09. The number of methoxy groups -OCH3 is 2. The van der Waals surface area contributed by atoms with Crippen LogP contribution in [-0.4, -0.2) is 31.5 Å². The van der Waals surface area contributed by atoms with Crippen LogP contribution in [0.15, 0.2) is 0 Å². The highest BCUT2D eigenvalue weighted by Gasteiger charge is 2.40. The normalized spacial score (nSPS) is 31.3. The van der Waals surface area contributed by atoms with Crippen molar-refractivity contribution in [2.24, 2.45) is 11.7 Å². The molecule has 0 bridgehead atoms. The summed E-state index contributed by atoms with van der Waals surface area (Å²) in [6, 6.07) is 0.111. The molecule has 3 atom stereocenters. The largest absolute Gasteiger partial charge is 0.379 e. The van der Waals surface area contributed by atoms with Gasteiger partial charge in [-0.15, -0.1) is 0 Å². The first-order valence-electron chi connectivity index (χ1n) is 7.21. The van der Waals surface area contributed by atoms with Crippen LogP contribution in [-0.2, 0) is 9.47 Å². The zero-order valence-electron chi connectivity index (χ0n) is 12.8. The molecule has 0 heterocycles. The van der Waals surface area contributed by atoms with E-state index in [0.717, 1.165) is 31.6 Å². The summed E-state index contributed by atoms with van der Waals surface area (Å²) in [6.45, 7) is 6.53. The minimum absolute atomic E-state index is 0.0904. The Kier molecular flexibility index (Phi) is 5.63. The molecule has 0 aromatic carbocycles. The Morgan fingerprint density at radius 1 is 1.39 bits per heavy atom. The van der Waals surface area contributed by atoms with Crippen molar-refractivity contribution in [3.8, 4) is 0 Å². The average Bonchev–Trinajstić information content (AvgIpc) is 2.35. The van der Waals surface area contributed by atoms with Crippen molar-refractivity contribution in [1.82, 2.24) is 0 Å². The zero-order chi connectivity index (χ0) is 13.8. The van der Waals surface area contributed by atoms with Crippen molar-refractivity contribution in [3.63, 3.8) is 0 Å². The predicted octanol–water partition coefficient (Wildman–Crippen LogP) is 3.11. The van der Waals surface area contributed by atoms with Gasteiger partial charge in [-0.1, -0.05) is 19.8 Å². The maximum Gasteiger partial charge on any atom is 0.0831 e. The van der Waals surface area contributed by atoms with Crippen LogP contribution in [0.2, 0.25) is 0 Å². The van der Waals surface area contributed by atoms with Crippen LogP contribution in [0.25, 0.3) is 0 Å². The Bertz CT molecular complexity index is 255. The highest BCUT2D eigenvalue weighted by molar-refractivity contribution is 4.95. The molecule has 1 aliphatic rings. The summed E-state index contributed by atoms with van der Waals surface area (Å²) in [5, 5.41) is 0. The SMILES string of the molecule is COC(C)(C)CCC(N)C1(OC)CCCC(C)C1. The Labute approximate surface area is 112 Å². The van der Waals surface area contributed by atoms with Crippen LogP contribution < -0.4 is 5.73 Å². The van der Waals surface area contributed by atoms with E-state index in [9.17, 15) is 0 Å². The Balaban J connectivity index is 2.59. The van der Waals surface area contributed by atoms with E-state index >= 15 is 0 Å². The molecule has 0 aliphatic heterocycles. The van der Waals surface area contributed by atoms with Crippen LogP contribution in [0.4, 0.5) is 0 Å². The molecule has 0 aromatic heterocycles. The summed E-state index contributed by atoms with van der Waals surface area (Å²) >= 11 is 0. The van der Waals surface area contributed by atoms with Gasteiger partial charge in [0.05, 0.1) is 11.2 Å². The van der Waals surface area contributed by atoms with E-state index in [1.807, 2.05) is 7.11 Å². The number of hydrogen-bond donors (Lipinski definition) is 1. The van der Waals surface area contributed by atoms with Gasteiger partial charge in [-0.3, -0.25) is 0 Å². The quantitative estimate of drug-likeness (QED) is 0.795. The van der Waals surface area contributed by atoms with Crippen molar-refractivity contribution in [2.75, 3.05) is 14.2 Å². The van der Waals surface area contributed by atoms with Crippen LogP contribution in [0.3, 0.4) is 0 Å². The second-order valence-corrected chi connectivity index (χ2v) is 6.58. The Morgan fingerprint density at radius 3 is 2.56 bits per heavy atom. The molecule has 0 radical (unpaired) electrons. The van der Waals surface area contributed by atoms with Crippen LogP contribution >= 0.6 is 0 Å². The highest BCUT2D eigenvalue weighted by atomic mass is 16.5. The van der Waals surface area contributed by atoms with E-state index in [1.54, 1.807) is 7.11 Å². The van der Waals surface area contributed by atoms with Crippen LogP contribution in [0.5, 0.6) is 0 Å². The number of rotatable bonds is 6. The van der Waals surface area contributed by atoms with Gasteiger partial charge < -0.3 is 15.2 Å². The van der Waals surface area contributed by atoms with Crippen LogP contribution in [0.1, 0.15) is 59.3 Å². The molecule has 3 nitrogen and oxygen atoms in total. The number of nitrogens with two attached hydrogens (primary N) is 1. The fraction of sp³-hybridized carbons (Fsp3) is 1.00. The molecule has 2 N–H and O–H groups in total. The van der Waals surface area contributed by atoms with Gasteiger partial charge in [-0.05, 0) is 45.4 Å². The van der Waals surface area contributed by atoms with Gasteiger partial charge in [0.25, 0.3) is 0 Å². The molecule has 0 amide bonds. The Morgan fingerprint density at radius 2 is 2.06 bits per heavy atom. The molecule has 0 aromatic rings. The molecule has 1 rings (SSSR count). The van der Waals surface area contributed by atoms with E-state index in [0.29, 0.717) is 0 Å². The fourth-order valence-corrected chi connectivity index (χ4v) is 3.09. The standard InChI is InChI=1S/C15H31NO2/c1-12-7-6-9-15(11-12,18-5)13(16)8-10-14(2,3)17-4/h12-13H,6-11,16H2,1-5H3. The number of ether oxygens (including phenoxy) is 2. The minimum Gasteiger partial charge on any atom is -0.379 e. The van der Waals surface area contributed by atoms with E-state index in [-0.39, 0.29) is 17.2 Å². The predicted molar refractivity (Wildman–Crippen MR) is 75.7 cm³/mol. The lowest BCUT2D eigenvalue weighted by Gasteiger charge is -2.43. The van der Waals surface area contributed by atoms with Crippen LogP contribution in [0, 0.1) is 5.92 Å². The summed E-state index contributed by atoms with van der Waals surface area (Å²) in [6.07, 6.45) is 6.67. The monoisotopic (exact) mass is 257 g/mol. The van der Waals surface area contributed by atoms with E-state index in [1.165, 1.54) is 12.8 Å². The van der Waals surface area contributed by atoms with Gasteiger partial charge >= 0.3 is 0 Å². The van der Waals surface area contributed by atoms with Gasteiger partial charge in [0, 0.05) is 20.3 Å². The molecule has 3 unspecified atom stereocenters. The van der Waals surface area contributed by atoms with Gasteiger partial charge in [-0.25, -0.2) is 0 Å². The second-order valence-electron chi connectivity index (χ2n) is 6.58. The lowest BCUT2D eigenvalue weighted by atomic mass is 9.73. The second kappa shape index (κ2) is 6.36. The molecular formula is C15H31NO2. The summed E-state index contributed by atoms with van der Waals surface area (Å²) in [7, 11) is 3.58. The summed E-state index contributed by atoms with van der Waals surface area (Å²) < 4.78 is 11.3. The third-order valence-electron chi connectivity index (χ3n) is 4.68. The van der Waals surface area contributed by atoms with E-state index in [2.05, 4.69) is 20.8 Å². The van der Waals surface area contributed by atoms with E-state index < -0.39 is 0 Å². The molecular weight excluding hydrogens is 226 g/mol. The van der Waals surface area contributed by atoms with Crippen molar-refractivity contribution in [3.05, 3.63) is 0 Å². The van der Waals surface area contributed by atoms with Gasteiger partial charge in [0.15, 0.2) is 0 Å². The molecule has 0 spiro atoms. The zero-order valence-corrected chi connectivity index (χ0v) is 12.8. The topological polar surface area (TPSA) is 44.5 Å². The Hall–Kier alpha value is -0.120. The van der Waals surface area contributed by atoms with Crippen molar-refractivity contribution >= 4 is 0 Å². The lowest BCUT2D eigenvalue weighted by Crippen LogP contribution is -2.52. The first kappa shape index (κ1) is 15.9. The molecule has 3 heteroatoms. The minimum atomic E-state index is -0.110. The smallest absolute Gasteiger partial charge is 0.0831 e. The van der Waals surface area contributed by atoms with Crippen molar-refractivity contribution < 1.29 is 9.47 Å². The molecule has 0 saturated heterocycles. The number of hydrogen-bond acceptors (Lipinski definition) is 3. The summed E-state index contributed by atoms with van der Waals surface area (Å²) in [5.41, 5.74) is 6.24. The van der Waals surface area contributed by atoms with Gasteiger partial charge in [-0.2, -0.15) is 0 Å². The third kappa shape index (κ3) is 3.94. The van der Waals surface area contributed by atoms with Crippen molar-refractivity contribution in [1.29, 1.82) is 0 Å². The summed E-state index contributed by atoms with van der Waals surface area (Å²) in [5.74, 6) is 0.722. The molecule has 1 aliphatic carbocycles. The first-order valence-corrected chi connectivity index (χ1v) is 7.21. The molecule has 108 valence electrons.